The maximum absolute atomic E-state index is 14.0. The Morgan fingerprint density at radius 2 is 1.75 bits per heavy atom. The molecule has 9 nitrogen and oxygen atoms in total. The van der Waals surface area contributed by atoms with Crippen LogP contribution in [-0.4, -0.2) is 109 Å². The lowest BCUT2D eigenvalue weighted by Crippen LogP contribution is -2.51. The fourth-order valence-corrected chi connectivity index (χ4v) is 8.10. The molecule has 2 atom stereocenters. The van der Waals surface area contributed by atoms with E-state index in [0.29, 0.717) is 46.1 Å². The van der Waals surface area contributed by atoms with Crippen LogP contribution < -0.4 is 5.32 Å². The minimum atomic E-state index is -0.272. The second-order valence-electron chi connectivity index (χ2n) is 13.9. The van der Waals surface area contributed by atoms with E-state index >= 15 is 0 Å². The van der Waals surface area contributed by atoms with E-state index in [4.69, 9.17) is 32.7 Å². The number of aromatic nitrogens is 1. The Bertz CT molecular complexity index is 1580. The molecule has 1 aromatic heterocycles. The Morgan fingerprint density at radius 3 is 2.50 bits per heavy atom. The molecule has 0 unspecified atom stereocenters. The largest absolute Gasteiger partial charge is 0.383 e. The lowest BCUT2D eigenvalue weighted by Gasteiger charge is -2.37. The average molecular weight is 699 g/mol. The molecule has 2 aliphatic heterocycles. The Morgan fingerprint density at radius 1 is 1.00 bits per heavy atom. The van der Waals surface area contributed by atoms with Gasteiger partial charge in [-0.2, -0.15) is 0 Å². The monoisotopic (exact) mass is 697 g/mol. The number of anilines is 1. The van der Waals surface area contributed by atoms with Gasteiger partial charge >= 0.3 is 0 Å². The summed E-state index contributed by atoms with van der Waals surface area (Å²) in [7, 11) is 3.66. The van der Waals surface area contributed by atoms with Crippen molar-refractivity contribution in [3.63, 3.8) is 0 Å². The van der Waals surface area contributed by atoms with E-state index in [2.05, 4.69) is 22.0 Å². The van der Waals surface area contributed by atoms with Crippen molar-refractivity contribution in [3.8, 4) is 0 Å². The van der Waals surface area contributed by atoms with Gasteiger partial charge in [-0.25, -0.2) is 0 Å². The van der Waals surface area contributed by atoms with Gasteiger partial charge in [0.05, 0.1) is 48.1 Å². The van der Waals surface area contributed by atoms with Crippen LogP contribution >= 0.6 is 23.2 Å². The van der Waals surface area contributed by atoms with E-state index in [1.807, 2.05) is 47.0 Å². The quantitative estimate of drug-likeness (QED) is 0.261. The number of nitrogens with zero attached hydrogens (tertiary/aromatic N) is 4. The molecule has 3 aliphatic rings. The van der Waals surface area contributed by atoms with Crippen molar-refractivity contribution in [2.24, 2.45) is 13.0 Å². The molecule has 260 valence electrons. The van der Waals surface area contributed by atoms with Crippen molar-refractivity contribution in [3.05, 3.63) is 63.8 Å². The number of carbonyl (C=O) groups is 2. The first-order chi connectivity index (χ1) is 23.2. The third-order valence-electron chi connectivity index (χ3n) is 10.6. The van der Waals surface area contributed by atoms with Crippen LogP contribution in [0.3, 0.4) is 0 Å². The number of fused-ring (bicyclic) bond motifs is 1. The van der Waals surface area contributed by atoms with E-state index in [1.165, 1.54) is 12.8 Å². The molecule has 0 bridgehead atoms. The highest BCUT2D eigenvalue weighted by molar-refractivity contribution is 6.36. The fraction of sp³-hybridized carbons (Fsp3) is 0.568. The molecule has 2 saturated heterocycles. The number of benzene rings is 2. The van der Waals surface area contributed by atoms with Crippen LogP contribution in [0.25, 0.3) is 10.9 Å². The summed E-state index contributed by atoms with van der Waals surface area (Å²) in [4.78, 5) is 34.3. The first kappa shape index (κ1) is 35.2. The second-order valence-corrected chi connectivity index (χ2v) is 14.7. The van der Waals surface area contributed by atoms with E-state index in [9.17, 15) is 9.59 Å². The third-order valence-corrected chi connectivity index (χ3v) is 11.3. The zero-order valence-electron chi connectivity index (χ0n) is 28.4. The highest BCUT2D eigenvalue weighted by atomic mass is 35.5. The lowest BCUT2D eigenvalue weighted by atomic mass is 9.89. The molecular formula is C37H49Cl2N5O4. The number of hydrogen-bond acceptors (Lipinski definition) is 6. The first-order valence-electron chi connectivity index (χ1n) is 17.4. The number of hydrogen-bond donors (Lipinski definition) is 1. The zero-order valence-corrected chi connectivity index (χ0v) is 29.9. The molecule has 0 spiro atoms. The Balaban J connectivity index is 1.12. The molecule has 48 heavy (non-hydrogen) atoms. The van der Waals surface area contributed by atoms with Crippen molar-refractivity contribution in [2.75, 3.05) is 64.9 Å². The van der Waals surface area contributed by atoms with Crippen LogP contribution in [0.5, 0.6) is 0 Å². The number of amides is 2. The van der Waals surface area contributed by atoms with Gasteiger partial charge in [0.15, 0.2) is 0 Å². The van der Waals surface area contributed by atoms with Gasteiger partial charge in [-0.1, -0.05) is 48.3 Å². The molecule has 11 heteroatoms. The number of methoxy groups -OCH3 is 1. The summed E-state index contributed by atoms with van der Waals surface area (Å²) in [5, 5.41) is 4.52. The molecule has 1 saturated carbocycles. The number of para-hydroxylation sites is 1. The number of nitrogens with one attached hydrogen (secondary N) is 1. The highest BCUT2D eigenvalue weighted by Crippen LogP contribution is 2.33. The zero-order chi connectivity index (χ0) is 33.8. The normalized spacial score (nSPS) is 24.0. The Labute approximate surface area is 294 Å². The van der Waals surface area contributed by atoms with Crippen molar-refractivity contribution in [1.82, 2.24) is 19.3 Å². The van der Waals surface area contributed by atoms with Gasteiger partial charge in [-0.15, -0.1) is 0 Å². The summed E-state index contributed by atoms with van der Waals surface area (Å²) in [6.07, 6.45) is 7.69. The molecule has 3 heterocycles. The molecule has 2 aromatic carbocycles. The van der Waals surface area contributed by atoms with Crippen molar-refractivity contribution < 1.29 is 19.1 Å². The van der Waals surface area contributed by atoms with Crippen LogP contribution in [0.4, 0.5) is 5.69 Å². The Hall–Kier alpha value is -2.66. The minimum Gasteiger partial charge on any atom is -0.383 e. The molecule has 1 N–H and O–H groups in total. The summed E-state index contributed by atoms with van der Waals surface area (Å²) < 4.78 is 13.7. The summed E-state index contributed by atoms with van der Waals surface area (Å²) in [5.74, 6) is 0.509. The summed E-state index contributed by atoms with van der Waals surface area (Å²) in [6, 6.07) is 11.4. The molecule has 1 aliphatic carbocycles. The molecule has 0 radical (unpaired) electrons. The van der Waals surface area contributed by atoms with Crippen LogP contribution in [0.1, 0.15) is 54.9 Å². The predicted molar refractivity (Wildman–Crippen MR) is 192 cm³/mol. The number of ether oxygens (including phenoxy) is 2. The molecule has 2 amide bonds. The minimum absolute atomic E-state index is 0.0156. The SMILES string of the molecule is COCCN1CCN([C@H]2C[C@@H](CO[C@H]3CC[C@H](C)CC3)N(C(=O)Cc3cc(Cl)c(NC(=O)c4cn(C)c5ccccc45)cc3Cl)C2)CC1. The predicted octanol–water partition coefficient (Wildman–Crippen LogP) is 6.11. The second kappa shape index (κ2) is 15.9. The Kier molecular flexibility index (Phi) is 11.7. The van der Waals surface area contributed by atoms with Gasteiger partial charge in [0.1, 0.15) is 0 Å². The number of halogens is 2. The van der Waals surface area contributed by atoms with Crippen LogP contribution in [0.15, 0.2) is 42.6 Å². The smallest absolute Gasteiger partial charge is 0.257 e. The third kappa shape index (κ3) is 8.20. The standard InChI is InChI=1S/C37H49Cl2N5O4/c1-25-8-10-29(11-9-25)48-24-28-20-27(43-14-12-42(13-15-43)16-17-47-3)22-44(28)36(45)19-26-18-33(39)34(21-32(26)38)40-37(46)31-23-41(2)35-7-5-4-6-30(31)35/h4-7,18,21,23,25,27-29H,8-17,19-20,22,24H2,1-3H3,(H,40,46)/t25-,27-,28-,29-/m0/s1. The van der Waals surface area contributed by atoms with Crippen LogP contribution in [0, 0.1) is 5.92 Å². The number of rotatable bonds is 11. The summed E-state index contributed by atoms with van der Waals surface area (Å²) >= 11 is 13.5. The molecule has 3 fully saturated rings. The van der Waals surface area contributed by atoms with E-state index in [1.54, 1.807) is 19.2 Å². The average Bonchev–Trinajstić information content (AvgIpc) is 3.67. The van der Waals surface area contributed by atoms with Gasteiger partial charge < -0.3 is 24.3 Å². The van der Waals surface area contributed by atoms with E-state index < -0.39 is 0 Å². The molecular weight excluding hydrogens is 649 g/mol. The lowest BCUT2D eigenvalue weighted by molar-refractivity contribution is -0.133. The number of aryl methyl sites for hydroxylation is 1. The van der Waals surface area contributed by atoms with E-state index in [0.717, 1.165) is 75.4 Å². The highest BCUT2D eigenvalue weighted by Gasteiger charge is 2.39. The maximum Gasteiger partial charge on any atom is 0.257 e. The van der Waals surface area contributed by atoms with E-state index in [-0.39, 0.29) is 30.4 Å². The van der Waals surface area contributed by atoms with Crippen LogP contribution in [-0.2, 0) is 27.7 Å². The summed E-state index contributed by atoms with van der Waals surface area (Å²) in [5.41, 5.74) is 2.57. The number of likely N-dealkylation sites (tertiary alicyclic amines) is 1. The van der Waals surface area contributed by atoms with Gasteiger partial charge in [0.2, 0.25) is 5.91 Å². The van der Waals surface area contributed by atoms with Gasteiger partial charge in [0.25, 0.3) is 5.91 Å². The topological polar surface area (TPSA) is 79.3 Å². The number of piperazine rings is 1. The van der Waals surface area contributed by atoms with Gasteiger partial charge in [0, 0.05) is 81.6 Å². The van der Waals surface area contributed by atoms with Gasteiger partial charge in [-0.3, -0.25) is 19.4 Å². The first-order valence-corrected chi connectivity index (χ1v) is 18.2. The molecule has 3 aromatic rings. The van der Waals surface area contributed by atoms with Gasteiger partial charge in [-0.05, 0) is 61.8 Å². The van der Waals surface area contributed by atoms with Crippen molar-refractivity contribution in [2.45, 2.75) is 63.6 Å². The van der Waals surface area contributed by atoms with Crippen molar-refractivity contribution in [1.29, 1.82) is 0 Å². The maximum atomic E-state index is 14.0. The molecule has 6 rings (SSSR count). The summed E-state index contributed by atoms with van der Waals surface area (Å²) in [6.45, 7) is 9.23. The number of carbonyl (C=O) groups excluding carboxylic acids is 2. The van der Waals surface area contributed by atoms with Crippen LogP contribution in [0.2, 0.25) is 10.0 Å². The van der Waals surface area contributed by atoms with Crippen molar-refractivity contribution >= 4 is 51.6 Å². The fourth-order valence-electron chi connectivity index (χ4n) is 7.63.